The number of ether oxygens (including phenoxy) is 1. The fraction of sp³-hybridized carbons (Fsp3) is 0.538. The molecule has 1 aromatic rings. The summed E-state index contributed by atoms with van der Waals surface area (Å²) in [4.78, 5) is 2.09. The maximum atomic E-state index is 13.4. The Kier molecular flexibility index (Phi) is 3.00. The molecule has 0 bridgehead atoms. The van der Waals surface area contributed by atoms with Gasteiger partial charge in [-0.05, 0) is 32.9 Å². The third-order valence-electron chi connectivity index (χ3n) is 2.94. The normalized spacial score (nSPS) is 23.8. The van der Waals surface area contributed by atoms with E-state index in [0.29, 0.717) is 6.54 Å². The SMILES string of the molecule is CC1CN(c2cccc(F)c2N)CC(C)(C)O1. The van der Waals surface area contributed by atoms with Crippen LogP contribution in [0.3, 0.4) is 0 Å². The van der Waals surface area contributed by atoms with E-state index in [2.05, 4.69) is 4.90 Å². The molecule has 1 aliphatic heterocycles. The van der Waals surface area contributed by atoms with E-state index in [1.165, 1.54) is 6.07 Å². The van der Waals surface area contributed by atoms with E-state index in [-0.39, 0.29) is 23.2 Å². The van der Waals surface area contributed by atoms with E-state index < -0.39 is 0 Å². The van der Waals surface area contributed by atoms with Gasteiger partial charge in [0.2, 0.25) is 0 Å². The van der Waals surface area contributed by atoms with Crippen molar-refractivity contribution in [1.29, 1.82) is 0 Å². The highest BCUT2D eigenvalue weighted by molar-refractivity contribution is 5.68. The van der Waals surface area contributed by atoms with Gasteiger partial charge in [-0.25, -0.2) is 4.39 Å². The molecule has 3 nitrogen and oxygen atoms in total. The van der Waals surface area contributed by atoms with Crippen molar-refractivity contribution >= 4 is 11.4 Å². The number of rotatable bonds is 1. The van der Waals surface area contributed by atoms with Crippen LogP contribution in [0.25, 0.3) is 0 Å². The van der Waals surface area contributed by atoms with Crippen molar-refractivity contribution in [3.05, 3.63) is 24.0 Å². The molecule has 0 saturated carbocycles. The Hall–Kier alpha value is -1.29. The highest BCUT2D eigenvalue weighted by atomic mass is 19.1. The van der Waals surface area contributed by atoms with Crippen LogP contribution in [0.15, 0.2) is 18.2 Å². The van der Waals surface area contributed by atoms with Gasteiger partial charge in [-0.2, -0.15) is 0 Å². The Bertz CT molecular complexity index is 420. The summed E-state index contributed by atoms with van der Waals surface area (Å²) in [6, 6.07) is 4.93. The lowest BCUT2D eigenvalue weighted by molar-refractivity contribution is -0.0749. The Balaban J connectivity index is 2.30. The molecule has 4 heteroatoms. The number of morpholine rings is 1. The Morgan fingerprint density at radius 3 is 2.82 bits per heavy atom. The lowest BCUT2D eigenvalue weighted by atomic mass is 10.0. The third kappa shape index (κ3) is 2.52. The maximum Gasteiger partial charge on any atom is 0.148 e. The molecule has 1 unspecified atom stereocenters. The van der Waals surface area contributed by atoms with Gasteiger partial charge in [0.25, 0.3) is 0 Å². The van der Waals surface area contributed by atoms with Gasteiger partial charge < -0.3 is 15.4 Å². The first-order valence-corrected chi connectivity index (χ1v) is 5.86. The summed E-state index contributed by atoms with van der Waals surface area (Å²) >= 11 is 0. The van der Waals surface area contributed by atoms with E-state index in [1.54, 1.807) is 6.07 Å². The largest absolute Gasteiger partial charge is 0.395 e. The molecule has 1 aliphatic rings. The van der Waals surface area contributed by atoms with Gasteiger partial charge in [-0.3, -0.25) is 0 Å². The van der Waals surface area contributed by atoms with E-state index in [1.807, 2.05) is 26.8 Å². The van der Waals surface area contributed by atoms with Gasteiger partial charge in [0.05, 0.1) is 23.1 Å². The fourth-order valence-corrected chi connectivity index (χ4v) is 2.44. The van der Waals surface area contributed by atoms with Crippen LogP contribution in [0.5, 0.6) is 0 Å². The molecule has 0 amide bonds. The Labute approximate surface area is 101 Å². The van der Waals surface area contributed by atoms with Crippen molar-refractivity contribution in [3.63, 3.8) is 0 Å². The van der Waals surface area contributed by atoms with Gasteiger partial charge in [0, 0.05) is 13.1 Å². The Morgan fingerprint density at radius 2 is 2.18 bits per heavy atom. The number of nitrogens with zero attached hydrogens (tertiary/aromatic N) is 1. The monoisotopic (exact) mass is 238 g/mol. The summed E-state index contributed by atoms with van der Waals surface area (Å²) in [6.45, 7) is 7.53. The zero-order valence-electron chi connectivity index (χ0n) is 10.5. The van der Waals surface area contributed by atoms with Crippen LogP contribution in [-0.4, -0.2) is 24.8 Å². The van der Waals surface area contributed by atoms with Crippen LogP contribution in [0, 0.1) is 5.82 Å². The molecule has 94 valence electrons. The number of nitrogen functional groups attached to an aromatic ring is 1. The summed E-state index contributed by atoms with van der Waals surface area (Å²) in [6.07, 6.45) is 0.112. The predicted octanol–water partition coefficient (Wildman–Crippen LogP) is 2.41. The van der Waals surface area contributed by atoms with E-state index >= 15 is 0 Å². The molecule has 1 aromatic carbocycles. The van der Waals surface area contributed by atoms with E-state index in [4.69, 9.17) is 10.5 Å². The number of hydrogen-bond donors (Lipinski definition) is 1. The van der Waals surface area contributed by atoms with Gasteiger partial charge in [-0.15, -0.1) is 0 Å². The predicted molar refractivity (Wildman–Crippen MR) is 67.7 cm³/mol. The summed E-state index contributed by atoms with van der Waals surface area (Å²) in [5.41, 5.74) is 6.53. The standard InChI is InChI=1S/C13H19FN2O/c1-9-7-16(8-13(2,3)17-9)11-6-4-5-10(14)12(11)15/h4-6,9H,7-8,15H2,1-3H3. The third-order valence-corrected chi connectivity index (χ3v) is 2.94. The second-order valence-electron chi connectivity index (χ2n) is 5.24. The lowest BCUT2D eigenvalue weighted by Crippen LogP contribution is -2.52. The second-order valence-corrected chi connectivity index (χ2v) is 5.24. The summed E-state index contributed by atoms with van der Waals surface area (Å²) in [5, 5.41) is 0. The first-order chi connectivity index (χ1) is 7.89. The molecule has 0 radical (unpaired) electrons. The topological polar surface area (TPSA) is 38.5 Å². The van der Waals surface area contributed by atoms with Crippen molar-refractivity contribution in [2.24, 2.45) is 0 Å². The number of benzene rings is 1. The minimum Gasteiger partial charge on any atom is -0.395 e. The molecule has 0 aromatic heterocycles. The van der Waals surface area contributed by atoms with Gasteiger partial charge in [0.15, 0.2) is 0 Å². The number of nitrogens with two attached hydrogens (primary N) is 1. The maximum absolute atomic E-state index is 13.4. The van der Waals surface area contributed by atoms with Crippen molar-refractivity contribution < 1.29 is 9.13 Å². The average molecular weight is 238 g/mol. The van der Waals surface area contributed by atoms with E-state index in [0.717, 1.165) is 12.2 Å². The summed E-state index contributed by atoms with van der Waals surface area (Å²) < 4.78 is 19.3. The molecule has 2 rings (SSSR count). The van der Waals surface area contributed by atoms with Gasteiger partial charge in [-0.1, -0.05) is 6.07 Å². The minimum atomic E-state index is -0.362. The molecule has 17 heavy (non-hydrogen) atoms. The lowest BCUT2D eigenvalue weighted by Gasteiger charge is -2.43. The number of para-hydroxylation sites is 1. The molecule has 2 N–H and O–H groups in total. The van der Waals surface area contributed by atoms with Crippen LogP contribution in [0.4, 0.5) is 15.8 Å². The van der Waals surface area contributed by atoms with Crippen molar-refractivity contribution in [2.75, 3.05) is 23.7 Å². The van der Waals surface area contributed by atoms with Crippen LogP contribution < -0.4 is 10.6 Å². The quantitative estimate of drug-likeness (QED) is 0.764. The fourth-order valence-electron chi connectivity index (χ4n) is 2.44. The van der Waals surface area contributed by atoms with Crippen molar-refractivity contribution in [1.82, 2.24) is 0 Å². The summed E-state index contributed by atoms with van der Waals surface area (Å²) in [5.74, 6) is -0.362. The number of hydrogen-bond acceptors (Lipinski definition) is 3. The molecule has 1 heterocycles. The highest BCUT2D eigenvalue weighted by Gasteiger charge is 2.32. The van der Waals surface area contributed by atoms with Crippen LogP contribution in [0.2, 0.25) is 0 Å². The molecule has 0 aliphatic carbocycles. The molecular weight excluding hydrogens is 219 g/mol. The molecular formula is C13H19FN2O. The van der Waals surface area contributed by atoms with E-state index in [9.17, 15) is 4.39 Å². The smallest absolute Gasteiger partial charge is 0.148 e. The molecule has 1 atom stereocenters. The average Bonchev–Trinajstić information content (AvgIpc) is 2.19. The zero-order valence-corrected chi connectivity index (χ0v) is 10.5. The van der Waals surface area contributed by atoms with Gasteiger partial charge in [0.1, 0.15) is 5.82 Å². The Morgan fingerprint density at radius 1 is 1.47 bits per heavy atom. The molecule has 1 fully saturated rings. The van der Waals surface area contributed by atoms with Crippen LogP contribution >= 0.6 is 0 Å². The first kappa shape index (κ1) is 12.2. The second kappa shape index (κ2) is 4.18. The number of anilines is 2. The number of halogens is 1. The van der Waals surface area contributed by atoms with Crippen molar-refractivity contribution in [2.45, 2.75) is 32.5 Å². The minimum absolute atomic E-state index is 0.112. The van der Waals surface area contributed by atoms with Crippen LogP contribution in [-0.2, 0) is 4.74 Å². The molecule has 0 spiro atoms. The first-order valence-electron chi connectivity index (χ1n) is 5.86. The highest BCUT2D eigenvalue weighted by Crippen LogP contribution is 2.31. The molecule has 1 saturated heterocycles. The van der Waals surface area contributed by atoms with Gasteiger partial charge >= 0.3 is 0 Å². The zero-order chi connectivity index (χ0) is 12.6. The summed E-state index contributed by atoms with van der Waals surface area (Å²) in [7, 11) is 0. The van der Waals surface area contributed by atoms with Crippen LogP contribution in [0.1, 0.15) is 20.8 Å². The van der Waals surface area contributed by atoms with Crippen molar-refractivity contribution in [3.8, 4) is 0 Å².